The van der Waals surface area contributed by atoms with Crippen LogP contribution in [0.2, 0.25) is 0 Å². The average Bonchev–Trinajstić information content (AvgIpc) is 2.70. The highest BCUT2D eigenvalue weighted by Gasteiger charge is 2.05. The molecule has 0 spiro atoms. The Labute approximate surface area is 174 Å². The molecule has 0 atom stereocenters. The number of unbranched alkanes of at least 4 members (excludes halogenated alkanes) is 16. The molecule has 0 heterocycles. The summed E-state index contributed by atoms with van der Waals surface area (Å²) in [6, 6.07) is 6.60. The maximum absolute atomic E-state index is 12.0. The zero-order chi connectivity index (χ0) is 20.3. The van der Waals surface area contributed by atoms with Crippen molar-refractivity contribution in [2.45, 2.75) is 122 Å². The van der Waals surface area contributed by atoms with Crippen LogP contribution in [0.15, 0.2) is 24.3 Å². The summed E-state index contributed by atoms with van der Waals surface area (Å²) >= 11 is 0. The van der Waals surface area contributed by atoms with Crippen molar-refractivity contribution >= 4 is 5.78 Å². The number of phenolic OH excluding ortho intramolecular Hbond substituents is 1. The summed E-state index contributed by atoms with van der Waals surface area (Å²) in [5, 5.41) is 9.26. The van der Waals surface area contributed by atoms with E-state index in [1.807, 2.05) is 0 Å². The smallest absolute Gasteiger partial charge is 0.162 e. The van der Waals surface area contributed by atoms with Crippen molar-refractivity contribution in [3.05, 3.63) is 29.8 Å². The van der Waals surface area contributed by atoms with E-state index in [1.54, 1.807) is 24.3 Å². The molecule has 28 heavy (non-hydrogen) atoms. The molecule has 0 unspecified atom stereocenters. The Balaban J connectivity index is 1.78. The van der Waals surface area contributed by atoms with E-state index in [0.29, 0.717) is 12.0 Å². The van der Waals surface area contributed by atoms with Gasteiger partial charge in [-0.05, 0) is 30.7 Å². The highest BCUT2D eigenvalue weighted by molar-refractivity contribution is 5.96. The zero-order valence-electron chi connectivity index (χ0n) is 18.4. The molecule has 0 aromatic heterocycles. The van der Waals surface area contributed by atoms with E-state index in [-0.39, 0.29) is 11.5 Å². The Morgan fingerprint density at radius 3 is 1.36 bits per heavy atom. The minimum absolute atomic E-state index is 0.195. The van der Waals surface area contributed by atoms with Crippen molar-refractivity contribution in [3.63, 3.8) is 0 Å². The average molecular weight is 389 g/mol. The monoisotopic (exact) mass is 388 g/mol. The minimum Gasteiger partial charge on any atom is -0.508 e. The summed E-state index contributed by atoms with van der Waals surface area (Å²) in [6.07, 6.45) is 23.7. The molecule has 2 nitrogen and oxygen atoms in total. The van der Waals surface area contributed by atoms with Gasteiger partial charge in [-0.2, -0.15) is 0 Å². The molecule has 0 aliphatic heterocycles. The van der Waals surface area contributed by atoms with Crippen molar-refractivity contribution in [2.24, 2.45) is 0 Å². The van der Waals surface area contributed by atoms with Crippen LogP contribution in [0, 0.1) is 0 Å². The van der Waals surface area contributed by atoms with Crippen LogP contribution in [0.1, 0.15) is 133 Å². The van der Waals surface area contributed by atoms with Crippen LogP contribution in [0.3, 0.4) is 0 Å². The van der Waals surface area contributed by atoms with Gasteiger partial charge in [0, 0.05) is 12.0 Å². The lowest BCUT2D eigenvalue weighted by Gasteiger charge is -2.04. The van der Waals surface area contributed by atoms with Crippen LogP contribution in [-0.2, 0) is 0 Å². The predicted molar refractivity (Wildman–Crippen MR) is 121 cm³/mol. The number of rotatable bonds is 19. The lowest BCUT2D eigenvalue weighted by Crippen LogP contribution is -1.98. The quantitative estimate of drug-likeness (QED) is 0.190. The highest BCUT2D eigenvalue weighted by Crippen LogP contribution is 2.16. The van der Waals surface area contributed by atoms with Gasteiger partial charge in [0.2, 0.25) is 0 Å². The van der Waals surface area contributed by atoms with Gasteiger partial charge in [-0.1, -0.05) is 110 Å². The van der Waals surface area contributed by atoms with E-state index in [1.165, 1.54) is 96.3 Å². The molecule has 0 radical (unpaired) electrons. The van der Waals surface area contributed by atoms with E-state index < -0.39 is 0 Å². The van der Waals surface area contributed by atoms with E-state index in [2.05, 4.69) is 6.92 Å². The Kier molecular flexibility index (Phi) is 15.7. The molecular formula is C26H44O2. The van der Waals surface area contributed by atoms with Gasteiger partial charge in [0.1, 0.15) is 5.75 Å². The highest BCUT2D eigenvalue weighted by atomic mass is 16.3. The molecule has 0 bridgehead atoms. The van der Waals surface area contributed by atoms with Crippen molar-refractivity contribution in [1.82, 2.24) is 0 Å². The fourth-order valence-electron chi connectivity index (χ4n) is 3.80. The van der Waals surface area contributed by atoms with Gasteiger partial charge >= 0.3 is 0 Å². The molecule has 0 amide bonds. The summed E-state index contributed by atoms with van der Waals surface area (Å²) in [4.78, 5) is 12.0. The van der Waals surface area contributed by atoms with Crippen LogP contribution in [0.4, 0.5) is 0 Å². The largest absolute Gasteiger partial charge is 0.508 e. The maximum Gasteiger partial charge on any atom is 0.162 e. The molecule has 160 valence electrons. The molecule has 0 aliphatic carbocycles. The van der Waals surface area contributed by atoms with Gasteiger partial charge in [0.25, 0.3) is 0 Å². The molecule has 1 rings (SSSR count). The molecule has 0 saturated carbocycles. The number of Topliss-reactive ketones (excluding diaryl/α,β-unsaturated/α-hetero) is 1. The first-order valence-electron chi connectivity index (χ1n) is 12.1. The van der Waals surface area contributed by atoms with E-state index in [0.717, 1.165) is 12.8 Å². The van der Waals surface area contributed by atoms with E-state index >= 15 is 0 Å². The lowest BCUT2D eigenvalue weighted by atomic mass is 10.0. The molecule has 1 aromatic rings. The molecule has 0 aliphatic rings. The summed E-state index contributed by atoms with van der Waals surface area (Å²) in [5.41, 5.74) is 0.717. The molecule has 0 saturated heterocycles. The molecule has 0 fully saturated rings. The second-order valence-corrected chi connectivity index (χ2v) is 8.38. The third kappa shape index (κ3) is 13.8. The third-order valence-corrected chi connectivity index (χ3v) is 5.70. The lowest BCUT2D eigenvalue weighted by molar-refractivity contribution is 0.0979. The Morgan fingerprint density at radius 1 is 0.607 bits per heavy atom. The van der Waals surface area contributed by atoms with Crippen molar-refractivity contribution < 1.29 is 9.90 Å². The topological polar surface area (TPSA) is 37.3 Å². The van der Waals surface area contributed by atoms with Crippen molar-refractivity contribution in [3.8, 4) is 5.75 Å². The van der Waals surface area contributed by atoms with Crippen LogP contribution >= 0.6 is 0 Å². The number of aromatic hydroxyl groups is 1. The number of hydrogen-bond donors (Lipinski definition) is 1. The number of phenols is 1. The first kappa shape index (κ1) is 24.7. The fourth-order valence-corrected chi connectivity index (χ4v) is 3.80. The van der Waals surface area contributed by atoms with Gasteiger partial charge in [0.05, 0.1) is 0 Å². The number of hydrogen-bond acceptors (Lipinski definition) is 2. The van der Waals surface area contributed by atoms with E-state index in [4.69, 9.17) is 0 Å². The number of ketones is 1. The Morgan fingerprint density at radius 2 is 0.964 bits per heavy atom. The van der Waals surface area contributed by atoms with Crippen LogP contribution < -0.4 is 0 Å². The molecule has 1 aromatic carbocycles. The fraction of sp³-hybridized carbons (Fsp3) is 0.731. The third-order valence-electron chi connectivity index (χ3n) is 5.70. The summed E-state index contributed by atoms with van der Waals surface area (Å²) in [7, 11) is 0. The Hall–Kier alpha value is -1.31. The van der Waals surface area contributed by atoms with Crippen molar-refractivity contribution in [1.29, 1.82) is 0 Å². The normalized spacial score (nSPS) is 11.0. The predicted octanol–water partition coefficient (Wildman–Crippen LogP) is 8.62. The second-order valence-electron chi connectivity index (χ2n) is 8.38. The van der Waals surface area contributed by atoms with Gasteiger partial charge in [-0.3, -0.25) is 4.79 Å². The van der Waals surface area contributed by atoms with Gasteiger partial charge < -0.3 is 5.11 Å². The zero-order valence-corrected chi connectivity index (χ0v) is 18.4. The number of benzene rings is 1. The first-order valence-corrected chi connectivity index (χ1v) is 12.1. The SMILES string of the molecule is CCCCCCCCCCCCCCCCCCCC(=O)c1ccc(O)cc1. The van der Waals surface area contributed by atoms with Crippen LogP contribution in [0.25, 0.3) is 0 Å². The second kappa shape index (κ2) is 17.8. The standard InChI is InChI=1S/C26H44O2/c1-2-3-4-5-6-7-8-9-10-11-12-13-14-15-16-17-18-19-26(28)24-20-22-25(27)23-21-24/h20-23,27H,2-19H2,1H3. The molecular weight excluding hydrogens is 344 g/mol. The molecule has 2 heteroatoms. The van der Waals surface area contributed by atoms with Crippen LogP contribution in [0.5, 0.6) is 5.75 Å². The van der Waals surface area contributed by atoms with E-state index in [9.17, 15) is 9.90 Å². The molecule has 1 N–H and O–H groups in total. The maximum atomic E-state index is 12.0. The first-order chi connectivity index (χ1) is 13.7. The number of carbonyl (C=O) groups is 1. The van der Waals surface area contributed by atoms with Gasteiger partial charge in [0.15, 0.2) is 5.78 Å². The van der Waals surface area contributed by atoms with Crippen LogP contribution in [-0.4, -0.2) is 10.9 Å². The summed E-state index contributed by atoms with van der Waals surface area (Å²) < 4.78 is 0. The number of carbonyl (C=O) groups excluding carboxylic acids is 1. The van der Waals surface area contributed by atoms with Crippen molar-refractivity contribution in [2.75, 3.05) is 0 Å². The van der Waals surface area contributed by atoms with Gasteiger partial charge in [-0.25, -0.2) is 0 Å². The summed E-state index contributed by atoms with van der Waals surface area (Å²) in [5.74, 6) is 0.412. The minimum atomic E-state index is 0.195. The summed E-state index contributed by atoms with van der Waals surface area (Å²) in [6.45, 7) is 2.28. The van der Waals surface area contributed by atoms with Gasteiger partial charge in [-0.15, -0.1) is 0 Å². The Bertz CT molecular complexity index is 478.